The Bertz CT molecular complexity index is 382. The first kappa shape index (κ1) is 39.1. The monoisotopic (exact) mass is 474 g/mol. The zero-order valence-corrected chi connectivity index (χ0v) is 20.3. The molecule has 30 heavy (non-hydrogen) atoms. The Morgan fingerprint density at radius 1 is 0.567 bits per heavy atom. The number of unbranched alkanes of at least 4 members (excludes halogenated alkanes) is 14. The van der Waals surface area contributed by atoms with Crippen molar-refractivity contribution in [2.75, 3.05) is 0 Å². The molecule has 0 aromatic rings. The van der Waals surface area contributed by atoms with Gasteiger partial charge < -0.3 is 10.2 Å². The summed E-state index contributed by atoms with van der Waals surface area (Å²) in [5.74, 6) is -2.15. The number of carbonyl (C=O) groups is 3. The summed E-state index contributed by atoms with van der Waals surface area (Å²) in [7, 11) is 0. The summed E-state index contributed by atoms with van der Waals surface area (Å²) in [5.41, 5.74) is 0. The van der Waals surface area contributed by atoms with Gasteiger partial charge in [-0.3, -0.25) is 9.59 Å². The van der Waals surface area contributed by atoms with E-state index in [1.807, 2.05) is 0 Å². The molecular formula is C22H44CaNa2O5. The zero-order valence-electron chi connectivity index (χ0n) is 18.3. The van der Waals surface area contributed by atoms with E-state index in [0.717, 1.165) is 40.8 Å². The number of aliphatic carboxylic acids is 2. The van der Waals surface area contributed by atoms with Crippen LogP contribution in [0.1, 0.15) is 122 Å². The van der Waals surface area contributed by atoms with Gasteiger partial charge in [0.15, 0.2) is 0 Å². The van der Waals surface area contributed by atoms with Gasteiger partial charge in [0, 0.05) is 0 Å². The molecule has 5 nitrogen and oxygen atoms in total. The SMILES string of the molecule is CCCCCCCCCCCCCCCCC[C](=O)[Na].O=C(O)CCC(=O)O.[CaH2].[NaH]. The van der Waals surface area contributed by atoms with Crippen LogP contribution in [0.3, 0.4) is 0 Å². The molecule has 0 fully saturated rings. The summed E-state index contributed by atoms with van der Waals surface area (Å²) in [4.78, 5) is 30.1. The van der Waals surface area contributed by atoms with Gasteiger partial charge in [0.2, 0.25) is 0 Å². The molecule has 0 amide bonds. The van der Waals surface area contributed by atoms with Crippen LogP contribution < -0.4 is 0 Å². The van der Waals surface area contributed by atoms with E-state index in [0.29, 0.717) is 3.03 Å². The van der Waals surface area contributed by atoms with Gasteiger partial charge in [-0.05, 0) is 0 Å². The Morgan fingerprint density at radius 2 is 0.833 bits per heavy atom. The summed E-state index contributed by atoms with van der Waals surface area (Å²) < 4.78 is 0.486. The van der Waals surface area contributed by atoms with E-state index in [1.165, 1.54) is 89.9 Å². The van der Waals surface area contributed by atoms with Crippen LogP contribution in [0.2, 0.25) is 0 Å². The van der Waals surface area contributed by atoms with E-state index < -0.39 is 11.9 Å². The number of carboxylic acids is 2. The standard InChI is InChI=1S/C18H35O.C4H6O4.Ca.2Na.3H/c1-2-3-4-5-6-7-8-9-10-11-12-13-14-15-16-17-18-19;5-3(6)1-2-4(7)8;;;;;;/h2-17H2,1H3;1-2H2,(H,5,6)(H,7,8);;;;;;. The predicted octanol–water partition coefficient (Wildman–Crippen LogP) is 4.31. The number of carbonyl (C=O) groups excluding carboxylic acids is 1. The second kappa shape index (κ2) is 33.0. The first-order chi connectivity index (χ1) is 13.4. The topological polar surface area (TPSA) is 91.7 Å². The maximum atomic E-state index is 10.8. The number of hydrogen-bond donors (Lipinski definition) is 2. The molecule has 0 saturated carbocycles. The van der Waals surface area contributed by atoms with Crippen molar-refractivity contribution < 1.29 is 24.6 Å². The van der Waals surface area contributed by atoms with E-state index in [2.05, 4.69) is 6.92 Å². The molecule has 0 unspecified atom stereocenters. The molecule has 0 aliphatic rings. The quantitative estimate of drug-likeness (QED) is 0.215. The van der Waals surface area contributed by atoms with Crippen LogP contribution in [-0.4, -0.2) is 120 Å². The third kappa shape index (κ3) is 43.7. The molecule has 0 heterocycles. The summed E-state index contributed by atoms with van der Waals surface area (Å²) in [6.45, 7) is 2.28. The van der Waals surface area contributed by atoms with Gasteiger partial charge >= 0.3 is 186 Å². The van der Waals surface area contributed by atoms with Crippen molar-refractivity contribution in [3.05, 3.63) is 0 Å². The van der Waals surface area contributed by atoms with Crippen molar-refractivity contribution in [2.45, 2.75) is 122 Å². The molecule has 0 bridgehead atoms. The van der Waals surface area contributed by atoms with Gasteiger partial charge in [-0.1, -0.05) is 39.0 Å². The van der Waals surface area contributed by atoms with Gasteiger partial charge in [0.1, 0.15) is 0 Å². The summed E-state index contributed by atoms with van der Waals surface area (Å²) >= 11 is 0.751. The van der Waals surface area contributed by atoms with Crippen LogP contribution in [0.5, 0.6) is 0 Å². The van der Waals surface area contributed by atoms with Gasteiger partial charge in [-0.15, -0.1) is 0 Å². The molecule has 0 rings (SSSR count). The Kier molecular flexibility index (Phi) is 43.1. The molecule has 0 saturated heterocycles. The summed E-state index contributed by atoms with van der Waals surface area (Å²) in [5, 5.41) is 15.8. The average molecular weight is 475 g/mol. The van der Waals surface area contributed by atoms with Crippen molar-refractivity contribution in [3.8, 4) is 0 Å². The maximum absolute atomic E-state index is 10.8. The van der Waals surface area contributed by atoms with Crippen molar-refractivity contribution in [1.29, 1.82) is 0 Å². The Balaban J connectivity index is -0.000000288. The van der Waals surface area contributed by atoms with E-state index in [9.17, 15) is 14.4 Å². The minimum atomic E-state index is -1.08. The van der Waals surface area contributed by atoms with Crippen LogP contribution in [-0.2, 0) is 14.4 Å². The van der Waals surface area contributed by atoms with Crippen LogP contribution in [0.25, 0.3) is 0 Å². The zero-order chi connectivity index (χ0) is 21.5. The molecule has 2 N–H and O–H groups in total. The van der Waals surface area contributed by atoms with Gasteiger partial charge in [0.25, 0.3) is 0 Å². The number of hydrogen-bond acceptors (Lipinski definition) is 3. The van der Waals surface area contributed by atoms with E-state index >= 15 is 0 Å². The molecule has 0 aliphatic carbocycles. The van der Waals surface area contributed by atoms with Gasteiger partial charge in [-0.2, -0.15) is 0 Å². The summed E-state index contributed by atoms with van der Waals surface area (Å²) in [6, 6.07) is 0. The number of carboxylic acid groups (broad SMARTS) is 2. The predicted molar refractivity (Wildman–Crippen MR) is 131 cm³/mol. The first-order valence-corrected chi connectivity index (χ1v) is 12.3. The Labute approximate surface area is 254 Å². The van der Waals surface area contributed by atoms with Crippen molar-refractivity contribution in [1.82, 2.24) is 0 Å². The molecule has 8 heteroatoms. The first-order valence-electron chi connectivity index (χ1n) is 11.3. The van der Waals surface area contributed by atoms with E-state index in [-0.39, 0.29) is 80.1 Å². The van der Waals surface area contributed by atoms with Crippen molar-refractivity contribution in [2.24, 2.45) is 0 Å². The Hall–Kier alpha value is 1.87. The van der Waals surface area contributed by atoms with Crippen LogP contribution in [0.15, 0.2) is 0 Å². The summed E-state index contributed by atoms with van der Waals surface area (Å²) in [6.07, 6.45) is 21.2. The third-order valence-corrected chi connectivity index (χ3v) is 5.19. The van der Waals surface area contributed by atoms with Gasteiger partial charge in [-0.25, -0.2) is 0 Å². The van der Waals surface area contributed by atoms with Gasteiger partial charge in [0.05, 0.1) is 12.8 Å². The molecule has 0 spiro atoms. The van der Waals surface area contributed by atoms with Crippen LogP contribution >= 0.6 is 0 Å². The molecule has 0 aliphatic heterocycles. The molecule has 0 aromatic carbocycles. The second-order valence-corrected chi connectivity index (χ2v) is 8.80. The normalized spacial score (nSPS) is 9.57. The van der Waals surface area contributed by atoms with Crippen molar-refractivity contribution >= 4 is 110 Å². The molecule has 0 radical (unpaired) electrons. The third-order valence-electron chi connectivity index (χ3n) is 4.69. The Morgan fingerprint density at radius 3 is 1.07 bits per heavy atom. The van der Waals surface area contributed by atoms with Crippen molar-refractivity contribution in [3.63, 3.8) is 0 Å². The fourth-order valence-electron chi connectivity index (χ4n) is 2.96. The molecule has 0 aromatic heterocycles. The average Bonchev–Trinajstić information content (AvgIpc) is 2.63. The van der Waals surface area contributed by atoms with Crippen LogP contribution in [0, 0.1) is 0 Å². The van der Waals surface area contributed by atoms with E-state index in [4.69, 9.17) is 10.2 Å². The molecule has 0 atom stereocenters. The molecular weight excluding hydrogens is 430 g/mol. The fourth-order valence-corrected chi connectivity index (χ4v) is 3.31. The number of rotatable bonds is 19. The molecule has 166 valence electrons. The minimum absolute atomic E-state index is 0. The second-order valence-electron chi connectivity index (χ2n) is 7.69. The van der Waals surface area contributed by atoms with E-state index in [1.54, 1.807) is 0 Å². The fraction of sp³-hybridized carbons (Fsp3) is 0.864. The van der Waals surface area contributed by atoms with Crippen LogP contribution in [0.4, 0.5) is 0 Å².